The maximum absolute atomic E-state index is 12.8. The van der Waals surface area contributed by atoms with Crippen LogP contribution in [-0.2, 0) is 17.9 Å². The first kappa shape index (κ1) is 21.0. The largest absolute Gasteiger partial charge is 0.392 e. The Bertz CT molecular complexity index is 1020. The number of likely N-dealkylation sites (tertiary alicyclic amines) is 1. The number of hydrogen-bond acceptors (Lipinski definition) is 6. The van der Waals surface area contributed by atoms with Crippen molar-refractivity contribution < 1.29 is 9.90 Å². The van der Waals surface area contributed by atoms with Crippen molar-refractivity contribution in [2.45, 2.75) is 31.9 Å². The van der Waals surface area contributed by atoms with Crippen LogP contribution in [0.5, 0.6) is 0 Å². The summed E-state index contributed by atoms with van der Waals surface area (Å²) in [5.74, 6) is 0.861. The predicted octanol–water partition coefficient (Wildman–Crippen LogP) is 2.30. The van der Waals surface area contributed by atoms with Crippen molar-refractivity contribution in [1.29, 1.82) is 0 Å². The molecule has 0 saturated carbocycles. The first-order valence-electron chi connectivity index (χ1n) is 10.5. The Kier molecular flexibility index (Phi) is 6.27. The molecule has 1 amide bonds. The highest BCUT2D eigenvalue weighted by Crippen LogP contribution is 2.34. The molecule has 1 aromatic carbocycles. The van der Waals surface area contributed by atoms with E-state index in [1.807, 2.05) is 60.4 Å². The predicted molar refractivity (Wildman–Crippen MR) is 118 cm³/mol. The van der Waals surface area contributed by atoms with Gasteiger partial charge in [0.1, 0.15) is 6.54 Å². The number of aliphatic hydroxyl groups excluding tert-OH is 1. The van der Waals surface area contributed by atoms with E-state index >= 15 is 0 Å². The first-order chi connectivity index (χ1) is 15.0. The maximum atomic E-state index is 12.8. The molecule has 0 unspecified atom stereocenters. The normalized spacial score (nSPS) is 16.4. The molecule has 0 radical (unpaired) electrons. The number of benzene rings is 1. The summed E-state index contributed by atoms with van der Waals surface area (Å²) >= 11 is 0. The third-order valence-electron chi connectivity index (χ3n) is 5.67. The van der Waals surface area contributed by atoms with Crippen molar-refractivity contribution >= 4 is 11.9 Å². The molecule has 8 nitrogen and oxygen atoms in total. The molecule has 1 fully saturated rings. The molecular weight excluding hydrogens is 392 g/mol. The molecular formula is C23H28N6O2. The number of aliphatic hydroxyl groups is 1. The number of aromatic nitrogens is 4. The molecule has 162 valence electrons. The Morgan fingerprint density at radius 1 is 1.26 bits per heavy atom. The summed E-state index contributed by atoms with van der Waals surface area (Å²) in [7, 11) is 3.85. The van der Waals surface area contributed by atoms with E-state index in [2.05, 4.69) is 10.1 Å². The molecule has 1 N–H and O–H groups in total. The minimum absolute atomic E-state index is 0.0130. The average Bonchev–Trinajstić information content (AvgIpc) is 3.32. The van der Waals surface area contributed by atoms with Crippen molar-refractivity contribution in [2.75, 3.05) is 32.1 Å². The molecule has 1 aliphatic heterocycles. The molecule has 0 aliphatic carbocycles. The lowest BCUT2D eigenvalue weighted by atomic mass is 9.89. The standard InChI is InChI=1S/C23H28N6O2/c1-27(2)23-24-13-20(18-8-6-17(16-30)7-9-18)22(26-23)19-5-3-11-28(14-19)21(31)15-29-12-4-10-25-29/h4,6-10,12-13,19,30H,3,5,11,14-16H2,1-2H3/t19-/m0/s1. The van der Waals surface area contributed by atoms with E-state index in [0.717, 1.165) is 41.8 Å². The Morgan fingerprint density at radius 3 is 2.74 bits per heavy atom. The van der Waals surface area contributed by atoms with Gasteiger partial charge in [-0.1, -0.05) is 24.3 Å². The van der Waals surface area contributed by atoms with Crippen molar-refractivity contribution in [3.63, 3.8) is 0 Å². The second-order valence-corrected chi connectivity index (χ2v) is 8.10. The zero-order valence-corrected chi connectivity index (χ0v) is 18.0. The molecule has 1 atom stereocenters. The van der Waals surface area contributed by atoms with Gasteiger partial charge >= 0.3 is 0 Å². The number of nitrogens with zero attached hydrogens (tertiary/aromatic N) is 6. The third kappa shape index (κ3) is 4.74. The highest BCUT2D eigenvalue weighted by atomic mass is 16.3. The quantitative estimate of drug-likeness (QED) is 0.659. The minimum atomic E-state index is 0.0130. The van der Waals surface area contributed by atoms with Crippen LogP contribution in [0.3, 0.4) is 0 Å². The number of carbonyl (C=O) groups excluding carboxylic acids is 1. The lowest BCUT2D eigenvalue weighted by Gasteiger charge is -2.33. The fourth-order valence-electron chi connectivity index (χ4n) is 3.98. The van der Waals surface area contributed by atoms with Gasteiger partial charge in [0.25, 0.3) is 0 Å². The number of piperidine rings is 1. The summed E-state index contributed by atoms with van der Waals surface area (Å²) in [6.07, 6.45) is 7.26. The summed E-state index contributed by atoms with van der Waals surface area (Å²) in [5, 5.41) is 13.5. The van der Waals surface area contributed by atoms with Gasteiger partial charge in [-0.3, -0.25) is 9.48 Å². The monoisotopic (exact) mass is 420 g/mol. The SMILES string of the molecule is CN(C)c1ncc(-c2ccc(CO)cc2)c([C@H]2CCCN(C(=O)Cn3cccn3)C2)n1. The Hall–Kier alpha value is -3.26. The molecule has 31 heavy (non-hydrogen) atoms. The zero-order chi connectivity index (χ0) is 21.8. The van der Waals surface area contributed by atoms with Crippen LogP contribution in [0.1, 0.15) is 30.0 Å². The van der Waals surface area contributed by atoms with Crippen molar-refractivity contribution in [3.8, 4) is 11.1 Å². The average molecular weight is 421 g/mol. The van der Waals surface area contributed by atoms with Crippen LogP contribution in [0.15, 0.2) is 48.9 Å². The summed E-state index contributed by atoms with van der Waals surface area (Å²) in [5.41, 5.74) is 3.81. The highest BCUT2D eigenvalue weighted by molar-refractivity contribution is 5.76. The minimum Gasteiger partial charge on any atom is -0.392 e. The lowest BCUT2D eigenvalue weighted by Crippen LogP contribution is -2.41. The van der Waals surface area contributed by atoms with Gasteiger partial charge in [-0.15, -0.1) is 0 Å². The summed E-state index contributed by atoms with van der Waals surface area (Å²) in [4.78, 5) is 26.1. The van der Waals surface area contributed by atoms with Crippen molar-refractivity contribution in [1.82, 2.24) is 24.6 Å². The number of amides is 1. The van der Waals surface area contributed by atoms with Crippen LogP contribution in [-0.4, -0.2) is 62.8 Å². The number of hydrogen-bond donors (Lipinski definition) is 1. The van der Waals surface area contributed by atoms with Gasteiger partial charge in [-0.2, -0.15) is 5.10 Å². The molecule has 0 spiro atoms. The fraction of sp³-hybridized carbons (Fsp3) is 0.391. The highest BCUT2D eigenvalue weighted by Gasteiger charge is 2.28. The van der Waals surface area contributed by atoms with Crippen LogP contribution >= 0.6 is 0 Å². The van der Waals surface area contributed by atoms with E-state index in [1.54, 1.807) is 17.1 Å². The Balaban J connectivity index is 1.62. The molecule has 1 saturated heterocycles. The summed E-state index contributed by atoms with van der Waals surface area (Å²) in [6, 6.07) is 9.64. The van der Waals surface area contributed by atoms with Crippen molar-refractivity contribution in [3.05, 3.63) is 60.2 Å². The van der Waals surface area contributed by atoms with E-state index < -0.39 is 0 Å². The van der Waals surface area contributed by atoms with Gasteiger partial charge in [0.05, 0.1) is 12.3 Å². The van der Waals surface area contributed by atoms with Crippen LogP contribution in [0, 0.1) is 0 Å². The first-order valence-corrected chi connectivity index (χ1v) is 10.5. The van der Waals surface area contributed by atoms with Gasteiger partial charge in [0, 0.05) is 57.3 Å². The Morgan fingerprint density at radius 2 is 2.06 bits per heavy atom. The van der Waals surface area contributed by atoms with E-state index in [4.69, 9.17) is 4.98 Å². The van der Waals surface area contributed by atoms with Gasteiger partial charge in [-0.25, -0.2) is 9.97 Å². The maximum Gasteiger partial charge on any atom is 0.244 e. The molecule has 3 heterocycles. The van der Waals surface area contributed by atoms with Gasteiger partial charge in [0.15, 0.2) is 0 Å². The molecule has 3 aromatic rings. The van der Waals surface area contributed by atoms with Crippen molar-refractivity contribution in [2.24, 2.45) is 0 Å². The summed E-state index contributed by atoms with van der Waals surface area (Å²) in [6.45, 7) is 1.65. The number of anilines is 1. The third-order valence-corrected chi connectivity index (χ3v) is 5.67. The van der Waals surface area contributed by atoms with Crippen LogP contribution in [0.4, 0.5) is 5.95 Å². The summed E-state index contributed by atoms with van der Waals surface area (Å²) < 4.78 is 1.66. The molecule has 0 bridgehead atoms. The second-order valence-electron chi connectivity index (χ2n) is 8.10. The van der Waals surface area contributed by atoms with Crippen LogP contribution < -0.4 is 4.90 Å². The smallest absolute Gasteiger partial charge is 0.244 e. The molecule has 1 aliphatic rings. The van der Waals surface area contributed by atoms with E-state index in [1.165, 1.54) is 0 Å². The second kappa shape index (κ2) is 9.26. The van der Waals surface area contributed by atoms with E-state index in [0.29, 0.717) is 12.5 Å². The molecule has 2 aromatic heterocycles. The Labute approximate surface area is 182 Å². The lowest BCUT2D eigenvalue weighted by molar-refractivity contribution is -0.133. The van der Waals surface area contributed by atoms with Gasteiger partial charge in [0.2, 0.25) is 11.9 Å². The molecule has 4 rings (SSSR count). The number of carbonyl (C=O) groups is 1. The van der Waals surface area contributed by atoms with Gasteiger partial charge in [-0.05, 0) is 30.0 Å². The zero-order valence-electron chi connectivity index (χ0n) is 18.0. The van der Waals surface area contributed by atoms with Crippen LogP contribution in [0.2, 0.25) is 0 Å². The fourth-order valence-corrected chi connectivity index (χ4v) is 3.98. The van der Waals surface area contributed by atoms with E-state index in [9.17, 15) is 9.90 Å². The van der Waals surface area contributed by atoms with Crippen LogP contribution in [0.25, 0.3) is 11.1 Å². The van der Waals surface area contributed by atoms with E-state index in [-0.39, 0.29) is 25.0 Å². The topological polar surface area (TPSA) is 87.4 Å². The number of rotatable bonds is 6. The molecule has 8 heteroatoms. The van der Waals surface area contributed by atoms with Gasteiger partial charge < -0.3 is 14.9 Å².